The van der Waals surface area contributed by atoms with Crippen molar-refractivity contribution >= 4 is 5.97 Å². The maximum absolute atomic E-state index is 11.2. The van der Waals surface area contributed by atoms with Crippen LogP contribution >= 0.6 is 0 Å². The molecule has 0 amide bonds. The van der Waals surface area contributed by atoms with Crippen LogP contribution in [0.2, 0.25) is 0 Å². The van der Waals surface area contributed by atoms with Gasteiger partial charge in [0.2, 0.25) is 0 Å². The quantitative estimate of drug-likeness (QED) is 0.699. The van der Waals surface area contributed by atoms with Crippen molar-refractivity contribution in [2.75, 3.05) is 20.1 Å². The lowest BCUT2D eigenvalue weighted by molar-refractivity contribution is -0.153. The highest BCUT2D eigenvalue weighted by Gasteiger charge is 2.51. The number of nitrogens with zero attached hydrogens (tertiary/aromatic N) is 1. The van der Waals surface area contributed by atoms with Gasteiger partial charge >= 0.3 is 5.97 Å². The molecule has 2 rings (SSSR count). The average molecular weight is 183 g/mol. The van der Waals surface area contributed by atoms with Gasteiger partial charge in [-0.3, -0.25) is 4.79 Å². The molecule has 3 heteroatoms. The van der Waals surface area contributed by atoms with Crippen LogP contribution in [0.5, 0.6) is 0 Å². The van der Waals surface area contributed by atoms with Crippen LogP contribution in [0.4, 0.5) is 0 Å². The smallest absolute Gasteiger partial charge is 0.310 e. The van der Waals surface area contributed by atoms with Gasteiger partial charge in [0.1, 0.15) is 0 Å². The largest absolute Gasteiger partial charge is 0.481 e. The van der Waals surface area contributed by atoms with E-state index in [4.69, 9.17) is 0 Å². The van der Waals surface area contributed by atoms with Crippen LogP contribution in [0.3, 0.4) is 0 Å². The Labute approximate surface area is 78.7 Å². The average Bonchev–Trinajstić information content (AvgIpc) is 2.88. The van der Waals surface area contributed by atoms with Crippen molar-refractivity contribution in [1.29, 1.82) is 0 Å². The number of aliphatic carboxylic acids is 1. The number of piperidine rings is 1. The number of carboxylic acid groups (broad SMARTS) is 1. The molecule has 0 aromatic rings. The molecule has 0 radical (unpaired) electrons. The van der Waals surface area contributed by atoms with Crippen LogP contribution in [-0.4, -0.2) is 36.1 Å². The second-order valence-electron chi connectivity index (χ2n) is 4.54. The van der Waals surface area contributed by atoms with E-state index in [1.807, 2.05) is 0 Å². The summed E-state index contributed by atoms with van der Waals surface area (Å²) in [6, 6.07) is 0. The van der Waals surface area contributed by atoms with Crippen molar-refractivity contribution in [2.24, 2.45) is 11.3 Å². The second kappa shape index (κ2) is 2.98. The van der Waals surface area contributed by atoms with Crippen LogP contribution in [0, 0.1) is 11.3 Å². The highest BCUT2D eigenvalue weighted by Crippen LogP contribution is 2.51. The zero-order chi connectivity index (χ0) is 9.47. The number of rotatable bonds is 2. The Kier molecular flexibility index (Phi) is 2.06. The van der Waals surface area contributed by atoms with Crippen LogP contribution in [0.1, 0.15) is 25.7 Å². The summed E-state index contributed by atoms with van der Waals surface area (Å²) in [6.07, 6.45) is 3.97. The summed E-state index contributed by atoms with van der Waals surface area (Å²) in [6.45, 7) is 1.89. The molecule has 3 nitrogen and oxygen atoms in total. The van der Waals surface area contributed by atoms with E-state index < -0.39 is 5.97 Å². The molecule has 0 unspecified atom stereocenters. The van der Waals surface area contributed by atoms with E-state index in [-0.39, 0.29) is 5.41 Å². The molecule has 74 valence electrons. The normalized spacial score (nSPS) is 28.7. The minimum Gasteiger partial charge on any atom is -0.481 e. The molecule has 2 aliphatic rings. The van der Waals surface area contributed by atoms with E-state index in [1.165, 1.54) is 0 Å². The van der Waals surface area contributed by atoms with Gasteiger partial charge in [-0.1, -0.05) is 0 Å². The number of carboxylic acids is 1. The van der Waals surface area contributed by atoms with E-state index in [9.17, 15) is 9.90 Å². The first-order chi connectivity index (χ1) is 6.15. The van der Waals surface area contributed by atoms with Gasteiger partial charge in [0, 0.05) is 0 Å². The minimum absolute atomic E-state index is 0.355. The summed E-state index contributed by atoms with van der Waals surface area (Å²) in [5.74, 6) is -0.0678. The number of likely N-dealkylation sites (tertiary alicyclic amines) is 1. The molecule has 1 saturated heterocycles. The molecular formula is C10H17NO2. The van der Waals surface area contributed by atoms with E-state index in [2.05, 4.69) is 11.9 Å². The number of carbonyl (C=O) groups is 1. The number of hydrogen-bond donors (Lipinski definition) is 1. The summed E-state index contributed by atoms with van der Waals surface area (Å²) in [5, 5.41) is 9.27. The molecule has 1 N–H and O–H groups in total. The first-order valence-corrected chi connectivity index (χ1v) is 5.07. The Morgan fingerprint density at radius 1 is 1.38 bits per heavy atom. The third-order valence-corrected chi connectivity index (χ3v) is 3.66. The maximum atomic E-state index is 11.2. The molecule has 0 aromatic heterocycles. The molecule has 0 atom stereocenters. The third-order valence-electron chi connectivity index (χ3n) is 3.66. The van der Waals surface area contributed by atoms with Crippen molar-refractivity contribution < 1.29 is 9.90 Å². The lowest BCUT2D eigenvalue weighted by Gasteiger charge is -2.37. The SMILES string of the molecule is CN1CCC(C(=O)O)(C2CC2)CC1. The zero-order valence-corrected chi connectivity index (χ0v) is 8.12. The van der Waals surface area contributed by atoms with Crippen LogP contribution in [-0.2, 0) is 4.79 Å². The Morgan fingerprint density at radius 3 is 2.31 bits per heavy atom. The van der Waals surface area contributed by atoms with Crippen molar-refractivity contribution in [1.82, 2.24) is 4.90 Å². The molecule has 1 aliphatic carbocycles. The van der Waals surface area contributed by atoms with Gasteiger partial charge in [-0.05, 0) is 51.7 Å². The Hall–Kier alpha value is -0.570. The summed E-state index contributed by atoms with van der Waals surface area (Å²) in [5.41, 5.74) is -0.355. The predicted molar refractivity (Wildman–Crippen MR) is 49.5 cm³/mol. The monoisotopic (exact) mass is 183 g/mol. The number of hydrogen-bond acceptors (Lipinski definition) is 2. The Morgan fingerprint density at radius 2 is 1.92 bits per heavy atom. The molecule has 13 heavy (non-hydrogen) atoms. The molecular weight excluding hydrogens is 166 g/mol. The van der Waals surface area contributed by atoms with Crippen molar-refractivity contribution in [3.63, 3.8) is 0 Å². The van der Waals surface area contributed by atoms with Crippen LogP contribution in [0.15, 0.2) is 0 Å². The molecule has 1 saturated carbocycles. The second-order valence-corrected chi connectivity index (χ2v) is 4.54. The fourth-order valence-corrected chi connectivity index (χ4v) is 2.45. The van der Waals surface area contributed by atoms with Crippen molar-refractivity contribution in [3.8, 4) is 0 Å². The van der Waals surface area contributed by atoms with Crippen LogP contribution in [0.25, 0.3) is 0 Å². The highest BCUT2D eigenvalue weighted by atomic mass is 16.4. The van der Waals surface area contributed by atoms with Crippen LogP contribution < -0.4 is 0 Å². The molecule has 1 aliphatic heterocycles. The Balaban J connectivity index is 2.10. The standard InChI is InChI=1S/C10H17NO2/c1-11-6-4-10(5-7-11,9(12)13)8-2-3-8/h8H,2-7H2,1H3,(H,12,13). The molecule has 1 heterocycles. The van der Waals surface area contributed by atoms with Crippen molar-refractivity contribution in [3.05, 3.63) is 0 Å². The van der Waals surface area contributed by atoms with Gasteiger partial charge in [0.25, 0.3) is 0 Å². The maximum Gasteiger partial charge on any atom is 0.310 e. The summed E-state index contributed by atoms with van der Waals surface area (Å²) >= 11 is 0. The van der Waals surface area contributed by atoms with E-state index >= 15 is 0 Å². The summed E-state index contributed by atoms with van der Waals surface area (Å²) in [4.78, 5) is 13.5. The fourth-order valence-electron chi connectivity index (χ4n) is 2.45. The topological polar surface area (TPSA) is 40.5 Å². The molecule has 2 fully saturated rings. The van der Waals surface area contributed by atoms with Gasteiger partial charge in [0.05, 0.1) is 5.41 Å². The van der Waals surface area contributed by atoms with Gasteiger partial charge < -0.3 is 10.0 Å². The molecule has 0 aromatic carbocycles. The molecule has 0 bridgehead atoms. The summed E-state index contributed by atoms with van der Waals surface area (Å²) < 4.78 is 0. The van der Waals surface area contributed by atoms with Gasteiger partial charge in [-0.2, -0.15) is 0 Å². The van der Waals surface area contributed by atoms with Crippen molar-refractivity contribution in [2.45, 2.75) is 25.7 Å². The van der Waals surface area contributed by atoms with Gasteiger partial charge in [-0.25, -0.2) is 0 Å². The first kappa shape index (κ1) is 9.00. The van der Waals surface area contributed by atoms with Gasteiger partial charge in [-0.15, -0.1) is 0 Å². The third kappa shape index (κ3) is 1.46. The highest BCUT2D eigenvalue weighted by molar-refractivity contribution is 5.75. The molecule has 0 spiro atoms. The first-order valence-electron chi connectivity index (χ1n) is 5.07. The predicted octanol–water partition coefficient (Wildman–Crippen LogP) is 1.19. The van der Waals surface area contributed by atoms with E-state index in [1.54, 1.807) is 0 Å². The minimum atomic E-state index is -0.553. The zero-order valence-electron chi connectivity index (χ0n) is 8.12. The van der Waals surface area contributed by atoms with E-state index in [0.717, 1.165) is 38.8 Å². The fraction of sp³-hybridized carbons (Fsp3) is 0.900. The lowest BCUT2D eigenvalue weighted by atomic mass is 9.74. The Bertz CT molecular complexity index is 215. The van der Waals surface area contributed by atoms with E-state index in [0.29, 0.717) is 5.92 Å². The van der Waals surface area contributed by atoms with Gasteiger partial charge in [0.15, 0.2) is 0 Å². The lowest BCUT2D eigenvalue weighted by Crippen LogP contribution is -2.44. The summed E-state index contributed by atoms with van der Waals surface area (Å²) in [7, 11) is 2.07.